The zero-order valence-electron chi connectivity index (χ0n) is 15.6. The number of rotatable bonds is 4. The van der Waals surface area contributed by atoms with E-state index in [4.69, 9.17) is 0 Å². The van der Waals surface area contributed by atoms with Crippen LogP contribution in [0.1, 0.15) is 24.1 Å². The van der Waals surface area contributed by atoms with E-state index in [0.29, 0.717) is 6.07 Å². The average molecular weight is 405 g/mol. The van der Waals surface area contributed by atoms with Crippen LogP contribution in [0.15, 0.2) is 18.2 Å². The van der Waals surface area contributed by atoms with Gasteiger partial charge in [0.15, 0.2) is 0 Å². The lowest BCUT2D eigenvalue weighted by Gasteiger charge is -2.41. The van der Waals surface area contributed by atoms with Crippen LogP contribution < -0.4 is 16.1 Å². The molecule has 0 aromatic heterocycles. The second kappa shape index (κ2) is 7.56. The summed E-state index contributed by atoms with van der Waals surface area (Å²) in [5, 5.41) is 17.2. The molecule has 0 aliphatic carbocycles. The number of aliphatic hydroxyl groups excluding tert-OH is 1. The summed E-state index contributed by atoms with van der Waals surface area (Å²) in [4.78, 5) is 14.3. The first-order valence-electron chi connectivity index (χ1n) is 8.79. The minimum absolute atomic E-state index is 0.0482. The zero-order chi connectivity index (χ0) is 20.8. The number of nitrogens with zero attached hydrogens (tertiary/aromatic N) is 2. The fraction of sp³-hybridized carbons (Fsp3) is 0.588. The molecule has 5 atom stereocenters. The molecule has 0 spiro atoms. The minimum Gasteiger partial charge on any atom is -0.395 e. The third kappa shape index (κ3) is 3.72. The number of hydrogen-bond donors (Lipinski definition) is 4. The first kappa shape index (κ1) is 20.9. The molecule has 1 aromatic rings. The van der Waals surface area contributed by atoms with Crippen molar-refractivity contribution in [2.24, 2.45) is 5.92 Å². The van der Waals surface area contributed by atoms with Gasteiger partial charge in [-0.1, -0.05) is 6.07 Å². The van der Waals surface area contributed by atoms with E-state index in [-0.39, 0.29) is 18.1 Å². The summed E-state index contributed by atoms with van der Waals surface area (Å²) in [6.07, 6.45) is -5.71. The molecule has 0 saturated carbocycles. The summed E-state index contributed by atoms with van der Waals surface area (Å²) in [5.74, 6) is -1.92. The summed E-state index contributed by atoms with van der Waals surface area (Å²) in [6.45, 7) is 1.29. The summed E-state index contributed by atoms with van der Waals surface area (Å²) in [5.41, 5.74) is 1.98. The SMILES string of the molecule is CC(c1ccc(C(F)(F)F)cc1F)N1NC(CO)C2C(=O)NC(N(C)C)NC21. The largest absolute Gasteiger partial charge is 0.416 e. The molecule has 0 radical (unpaired) electrons. The second-order valence-corrected chi connectivity index (χ2v) is 7.25. The van der Waals surface area contributed by atoms with Crippen molar-refractivity contribution in [3.8, 4) is 0 Å². The number of carbonyl (C=O) groups excluding carboxylic acids is 1. The van der Waals surface area contributed by atoms with Gasteiger partial charge in [0.25, 0.3) is 0 Å². The highest BCUT2D eigenvalue weighted by Gasteiger charge is 2.51. The number of nitrogens with one attached hydrogen (secondary N) is 3. The molecule has 2 saturated heterocycles. The first-order chi connectivity index (χ1) is 13.0. The van der Waals surface area contributed by atoms with Crippen molar-refractivity contribution < 1.29 is 27.5 Å². The third-order valence-electron chi connectivity index (χ3n) is 5.21. The number of hydrazine groups is 1. The fourth-order valence-electron chi connectivity index (χ4n) is 3.67. The fourth-order valence-corrected chi connectivity index (χ4v) is 3.67. The predicted octanol–water partition coefficient (Wildman–Crippen LogP) is 0.593. The molecule has 28 heavy (non-hydrogen) atoms. The Hall–Kier alpha value is -1.79. The van der Waals surface area contributed by atoms with E-state index in [2.05, 4.69) is 16.1 Å². The molecule has 5 unspecified atom stereocenters. The van der Waals surface area contributed by atoms with Gasteiger partial charge in [0.05, 0.1) is 36.3 Å². The van der Waals surface area contributed by atoms with Gasteiger partial charge in [0.2, 0.25) is 5.91 Å². The van der Waals surface area contributed by atoms with Crippen LogP contribution in [0.25, 0.3) is 0 Å². The number of hydrogen-bond acceptors (Lipinski definition) is 6. The average Bonchev–Trinajstić information content (AvgIpc) is 2.99. The Morgan fingerprint density at radius 1 is 1.32 bits per heavy atom. The quantitative estimate of drug-likeness (QED) is 0.550. The molecule has 2 heterocycles. The third-order valence-corrected chi connectivity index (χ3v) is 5.21. The number of alkyl halides is 3. The maximum Gasteiger partial charge on any atom is 0.416 e. The Bertz CT molecular complexity index is 745. The van der Waals surface area contributed by atoms with Gasteiger partial charge in [-0.25, -0.2) is 14.8 Å². The monoisotopic (exact) mass is 405 g/mol. The van der Waals surface area contributed by atoms with E-state index >= 15 is 0 Å². The molecule has 156 valence electrons. The van der Waals surface area contributed by atoms with Crippen LogP contribution in [0.5, 0.6) is 0 Å². The Morgan fingerprint density at radius 2 is 2.00 bits per heavy atom. The van der Waals surface area contributed by atoms with Gasteiger partial charge in [-0.3, -0.25) is 15.0 Å². The number of benzene rings is 1. The highest BCUT2D eigenvalue weighted by molar-refractivity contribution is 5.81. The van der Waals surface area contributed by atoms with Gasteiger partial charge in [-0.15, -0.1) is 0 Å². The lowest BCUT2D eigenvalue weighted by molar-refractivity contribution is -0.138. The Balaban J connectivity index is 1.90. The number of carbonyl (C=O) groups is 1. The molecule has 1 amide bonds. The van der Waals surface area contributed by atoms with Crippen molar-refractivity contribution in [2.45, 2.75) is 37.6 Å². The summed E-state index contributed by atoms with van der Waals surface area (Å²) in [6, 6.07) is 1.08. The van der Waals surface area contributed by atoms with E-state index in [1.54, 1.807) is 30.9 Å². The van der Waals surface area contributed by atoms with Crippen molar-refractivity contribution in [3.63, 3.8) is 0 Å². The van der Waals surface area contributed by atoms with Crippen molar-refractivity contribution in [1.29, 1.82) is 0 Å². The normalized spacial score (nSPS) is 29.7. The smallest absolute Gasteiger partial charge is 0.395 e. The van der Waals surface area contributed by atoms with Gasteiger partial charge < -0.3 is 10.4 Å². The van der Waals surface area contributed by atoms with E-state index in [1.165, 1.54) is 0 Å². The van der Waals surface area contributed by atoms with Crippen LogP contribution in [0, 0.1) is 11.7 Å². The molecule has 2 aliphatic rings. The maximum atomic E-state index is 14.5. The molecule has 0 bridgehead atoms. The lowest BCUT2D eigenvalue weighted by atomic mass is 9.95. The summed E-state index contributed by atoms with van der Waals surface area (Å²) in [7, 11) is 3.51. The topological polar surface area (TPSA) is 79.9 Å². The molecule has 2 fully saturated rings. The number of halogens is 4. The van der Waals surface area contributed by atoms with Crippen LogP contribution in [0.2, 0.25) is 0 Å². The van der Waals surface area contributed by atoms with Crippen LogP contribution >= 0.6 is 0 Å². The number of aliphatic hydroxyl groups is 1. The highest BCUT2D eigenvalue weighted by Crippen LogP contribution is 2.35. The van der Waals surface area contributed by atoms with Crippen LogP contribution in [-0.2, 0) is 11.0 Å². The van der Waals surface area contributed by atoms with Crippen LogP contribution in [0.4, 0.5) is 17.6 Å². The lowest BCUT2D eigenvalue weighted by Crippen LogP contribution is -2.68. The Labute approximate surface area is 159 Å². The molecular weight excluding hydrogens is 382 g/mol. The van der Waals surface area contributed by atoms with Gasteiger partial charge in [-0.05, 0) is 33.2 Å². The number of fused-ring (bicyclic) bond motifs is 1. The molecule has 11 heteroatoms. The second-order valence-electron chi connectivity index (χ2n) is 7.25. The van der Waals surface area contributed by atoms with Crippen LogP contribution in [0.3, 0.4) is 0 Å². The molecule has 2 aliphatic heterocycles. The molecular formula is C17H23F4N5O2. The molecule has 7 nitrogen and oxygen atoms in total. The highest BCUT2D eigenvalue weighted by atomic mass is 19.4. The van der Waals surface area contributed by atoms with Gasteiger partial charge in [-0.2, -0.15) is 13.2 Å². The van der Waals surface area contributed by atoms with Crippen molar-refractivity contribution in [3.05, 3.63) is 35.1 Å². The van der Waals surface area contributed by atoms with Gasteiger partial charge >= 0.3 is 6.18 Å². The van der Waals surface area contributed by atoms with Gasteiger partial charge in [0, 0.05) is 5.56 Å². The molecule has 1 aromatic carbocycles. The predicted molar refractivity (Wildman–Crippen MR) is 91.7 cm³/mol. The summed E-state index contributed by atoms with van der Waals surface area (Å²) >= 11 is 0. The number of amides is 1. The molecule has 4 N–H and O–H groups in total. The standard InChI is InChI=1S/C17H23F4N5O2/c1-8(10-5-4-9(6-11(10)18)17(19,20)21)26-14-13(12(7-27)24-26)15(28)23-16(22-14)25(2)3/h4-6,8,12-14,16,22,24,27H,7H2,1-3H3,(H,23,28). The van der Waals surface area contributed by atoms with Crippen molar-refractivity contribution in [1.82, 2.24) is 26.0 Å². The van der Waals surface area contributed by atoms with E-state index in [0.717, 1.165) is 12.1 Å². The van der Waals surface area contributed by atoms with E-state index in [1.807, 2.05) is 0 Å². The minimum atomic E-state index is -4.64. The van der Waals surface area contributed by atoms with Gasteiger partial charge in [0.1, 0.15) is 12.1 Å². The zero-order valence-corrected chi connectivity index (χ0v) is 15.6. The van der Waals surface area contributed by atoms with Crippen molar-refractivity contribution in [2.75, 3.05) is 20.7 Å². The van der Waals surface area contributed by atoms with Crippen LogP contribution in [-0.4, -0.2) is 60.1 Å². The maximum absolute atomic E-state index is 14.5. The first-order valence-corrected chi connectivity index (χ1v) is 8.79. The summed E-state index contributed by atoms with van der Waals surface area (Å²) < 4.78 is 52.9. The van der Waals surface area contributed by atoms with E-state index in [9.17, 15) is 27.5 Å². The Morgan fingerprint density at radius 3 is 2.54 bits per heavy atom. The van der Waals surface area contributed by atoms with E-state index < -0.39 is 48.0 Å². The Kier molecular flexibility index (Phi) is 5.65. The van der Waals surface area contributed by atoms with Crippen molar-refractivity contribution >= 4 is 5.91 Å². The molecule has 3 rings (SSSR count).